The van der Waals surface area contributed by atoms with Gasteiger partial charge in [0, 0.05) is 32.5 Å². The normalized spacial score (nSPS) is 16.4. The van der Waals surface area contributed by atoms with Gasteiger partial charge >= 0.3 is 0 Å². The smallest absolute Gasteiger partial charge is 0.247 e. The molecule has 23 heavy (non-hydrogen) atoms. The van der Waals surface area contributed by atoms with Crippen LogP contribution in [0.5, 0.6) is 0 Å². The van der Waals surface area contributed by atoms with Crippen LogP contribution in [0.15, 0.2) is 35.5 Å². The molecule has 3 rings (SSSR count). The van der Waals surface area contributed by atoms with Crippen molar-refractivity contribution in [3.05, 3.63) is 47.6 Å². The lowest BCUT2D eigenvalue weighted by atomic mass is 10.0. The molecule has 0 bridgehead atoms. The third-order valence-electron chi connectivity index (χ3n) is 4.19. The third-order valence-corrected chi connectivity index (χ3v) is 6.29. The molecule has 0 amide bonds. The molecule has 0 saturated carbocycles. The topological polar surface area (TPSA) is 68.1 Å². The number of nitrogens with zero attached hydrogens (tertiary/aromatic N) is 4. The maximum Gasteiger partial charge on any atom is 0.247 e. The van der Waals surface area contributed by atoms with Gasteiger partial charge in [0.1, 0.15) is 4.90 Å². The van der Waals surface area contributed by atoms with E-state index in [1.165, 1.54) is 4.31 Å². The molecule has 2 aromatic rings. The quantitative estimate of drug-likeness (QED) is 0.861. The predicted octanol–water partition coefficient (Wildman–Crippen LogP) is 1.91. The lowest BCUT2D eigenvalue weighted by Gasteiger charge is -2.27. The highest BCUT2D eigenvalue weighted by Gasteiger charge is 2.32. The van der Waals surface area contributed by atoms with Crippen molar-refractivity contribution in [2.75, 3.05) is 13.1 Å². The van der Waals surface area contributed by atoms with Crippen molar-refractivity contribution < 1.29 is 8.42 Å². The predicted molar refractivity (Wildman–Crippen MR) is 88.3 cm³/mol. The first-order chi connectivity index (χ1) is 10.9. The average Bonchev–Trinajstić information content (AvgIpc) is 2.81. The van der Waals surface area contributed by atoms with Crippen LogP contribution in [0.3, 0.4) is 0 Å². The van der Waals surface area contributed by atoms with E-state index in [1.807, 2.05) is 12.1 Å². The second-order valence-electron chi connectivity index (χ2n) is 5.72. The van der Waals surface area contributed by atoms with Crippen LogP contribution in [-0.2, 0) is 17.1 Å². The Hall–Kier alpha value is -1.99. The molecule has 1 aliphatic rings. The molecular formula is C16H20N4O2S. The van der Waals surface area contributed by atoms with Gasteiger partial charge in [0.2, 0.25) is 10.0 Å². The minimum Gasteiger partial charge on any atom is -0.271 e. The zero-order chi connectivity index (χ0) is 16.6. The van der Waals surface area contributed by atoms with Crippen LogP contribution >= 0.6 is 0 Å². The molecular weight excluding hydrogens is 312 g/mol. The van der Waals surface area contributed by atoms with Gasteiger partial charge in [-0.25, -0.2) is 8.42 Å². The van der Waals surface area contributed by atoms with Crippen molar-refractivity contribution in [3.8, 4) is 0 Å². The minimum absolute atomic E-state index is 0.326. The molecule has 1 aliphatic heterocycles. The highest BCUT2D eigenvalue weighted by atomic mass is 32.2. The summed E-state index contributed by atoms with van der Waals surface area (Å²) in [7, 11) is -1.79. The summed E-state index contributed by atoms with van der Waals surface area (Å²) in [6.45, 7) is 4.37. The van der Waals surface area contributed by atoms with Crippen LogP contribution in [0.1, 0.15) is 23.4 Å². The number of rotatable bonds is 3. The summed E-state index contributed by atoms with van der Waals surface area (Å²) in [5, 5.41) is 4.24. The number of hydrogen-bond donors (Lipinski definition) is 0. The number of sulfonamides is 1. The molecule has 2 aromatic heterocycles. The zero-order valence-corrected chi connectivity index (χ0v) is 14.3. The Labute approximate surface area is 136 Å². The second kappa shape index (κ2) is 5.90. The van der Waals surface area contributed by atoms with Gasteiger partial charge in [0.25, 0.3) is 0 Å². The number of hydrogen-bond acceptors (Lipinski definition) is 4. The monoisotopic (exact) mass is 332 g/mol. The Morgan fingerprint density at radius 1 is 1.26 bits per heavy atom. The van der Waals surface area contributed by atoms with Crippen molar-refractivity contribution in [1.29, 1.82) is 0 Å². The average molecular weight is 332 g/mol. The van der Waals surface area contributed by atoms with Crippen molar-refractivity contribution in [3.63, 3.8) is 0 Å². The molecule has 122 valence electrons. The van der Waals surface area contributed by atoms with Gasteiger partial charge in [0.05, 0.1) is 11.4 Å². The van der Waals surface area contributed by atoms with Crippen molar-refractivity contribution >= 4 is 15.6 Å². The van der Waals surface area contributed by atoms with Crippen LogP contribution in [0.4, 0.5) is 0 Å². The molecule has 0 saturated heterocycles. The minimum atomic E-state index is -3.55. The molecule has 0 aliphatic carbocycles. The third kappa shape index (κ3) is 2.82. The summed E-state index contributed by atoms with van der Waals surface area (Å²) < 4.78 is 29.2. The molecule has 0 radical (unpaired) electrons. The fraction of sp³-hybridized carbons (Fsp3) is 0.375. The van der Waals surface area contributed by atoms with Crippen LogP contribution < -0.4 is 0 Å². The maximum atomic E-state index is 13.0. The van der Waals surface area contributed by atoms with E-state index in [-0.39, 0.29) is 0 Å². The first-order valence-electron chi connectivity index (χ1n) is 7.51. The SMILES string of the molecule is Cc1nn(C)c(C)c1S(=O)(=O)N1CCC=C(c2cccnc2)C1. The molecule has 3 heterocycles. The van der Waals surface area contributed by atoms with Crippen molar-refractivity contribution in [1.82, 2.24) is 19.1 Å². The van der Waals surface area contributed by atoms with Crippen molar-refractivity contribution in [2.24, 2.45) is 7.05 Å². The highest BCUT2D eigenvalue weighted by Crippen LogP contribution is 2.28. The molecule has 0 N–H and O–H groups in total. The standard InChI is InChI=1S/C16H20N4O2S/c1-12-16(13(2)19(3)18-12)23(21,22)20-9-5-7-15(11-20)14-6-4-8-17-10-14/h4,6-8,10H,5,9,11H2,1-3H3. The number of pyridine rings is 1. The van der Waals surface area contributed by atoms with E-state index in [9.17, 15) is 8.42 Å². The van der Waals surface area contributed by atoms with E-state index < -0.39 is 10.0 Å². The maximum absolute atomic E-state index is 13.0. The Balaban J connectivity index is 1.95. The van der Waals surface area contributed by atoms with Gasteiger partial charge in [-0.3, -0.25) is 9.67 Å². The van der Waals surface area contributed by atoms with Gasteiger partial charge in [-0.15, -0.1) is 0 Å². The fourth-order valence-electron chi connectivity index (χ4n) is 2.94. The van der Waals surface area contributed by atoms with Crippen LogP contribution in [0.2, 0.25) is 0 Å². The van der Waals surface area contributed by atoms with Gasteiger partial charge in [-0.05, 0) is 37.5 Å². The highest BCUT2D eigenvalue weighted by molar-refractivity contribution is 7.89. The second-order valence-corrected chi connectivity index (χ2v) is 7.60. The lowest BCUT2D eigenvalue weighted by Crippen LogP contribution is -2.36. The van der Waals surface area contributed by atoms with Crippen LogP contribution in [0.25, 0.3) is 5.57 Å². The molecule has 0 aromatic carbocycles. The molecule has 0 spiro atoms. The molecule has 0 atom stereocenters. The number of aryl methyl sites for hydroxylation is 2. The molecule has 6 nitrogen and oxygen atoms in total. The largest absolute Gasteiger partial charge is 0.271 e. The Kier molecular flexibility index (Phi) is 4.08. The summed E-state index contributed by atoms with van der Waals surface area (Å²) in [5.41, 5.74) is 3.17. The van der Waals surface area contributed by atoms with E-state index in [0.717, 1.165) is 11.1 Å². The summed E-state index contributed by atoms with van der Waals surface area (Å²) in [5.74, 6) is 0. The first-order valence-corrected chi connectivity index (χ1v) is 8.95. The van der Waals surface area contributed by atoms with Crippen molar-refractivity contribution in [2.45, 2.75) is 25.2 Å². The van der Waals surface area contributed by atoms with E-state index in [1.54, 1.807) is 38.0 Å². The van der Waals surface area contributed by atoms with E-state index in [0.29, 0.717) is 35.8 Å². The first kappa shape index (κ1) is 15.9. The lowest BCUT2D eigenvalue weighted by molar-refractivity contribution is 0.442. The molecule has 0 unspecified atom stereocenters. The van der Waals surface area contributed by atoms with E-state index in [4.69, 9.17) is 0 Å². The molecule has 7 heteroatoms. The van der Waals surface area contributed by atoms with E-state index in [2.05, 4.69) is 16.2 Å². The fourth-order valence-corrected chi connectivity index (χ4v) is 4.77. The Morgan fingerprint density at radius 2 is 2.04 bits per heavy atom. The Bertz CT molecular complexity index is 854. The molecule has 0 fully saturated rings. The summed E-state index contributed by atoms with van der Waals surface area (Å²) in [4.78, 5) is 4.44. The summed E-state index contributed by atoms with van der Waals surface area (Å²) in [6, 6.07) is 3.81. The van der Waals surface area contributed by atoms with Gasteiger partial charge in [0.15, 0.2) is 0 Å². The van der Waals surface area contributed by atoms with Gasteiger partial charge < -0.3 is 0 Å². The zero-order valence-electron chi connectivity index (χ0n) is 13.5. The summed E-state index contributed by atoms with van der Waals surface area (Å²) >= 11 is 0. The Morgan fingerprint density at radius 3 is 2.65 bits per heavy atom. The van der Waals surface area contributed by atoms with Gasteiger partial charge in [-0.1, -0.05) is 12.1 Å². The van der Waals surface area contributed by atoms with Gasteiger partial charge in [-0.2, -0.15) is 9.40 Å². The number of aromatic nitrogens is 3. The summed E-state index contributed by atoms with van der Waals surface area (Å²) in [6.07, 6.45) is 6.26. The van der Waals surface area contributed by atoms with E-state index >= 15 is 0 Å². The van der Waals surface area contributed by atoms with Crippen LogP contribution in [0, 0.1) is 13.8 Å². The van der Waals surface area contributed by atoms with Crippen LogP contribution in [-0.4, -0.2) is 40.6 Å².